The molecule has 0 bridgehead atoms. The number of nitrogens with zero attached hydrogens (tertiary/aromatic N) is 3. The fourth-order valence-electron chi connectivity index (χ4n) is 1.82. The molecule has 0 aromatic heterocycles. The summed E-state index contributed by atoms with van der Waals surface area (Å²) in [5, 5.41) is 0. The zero-order valence-electron chi connectivity index (χ0n) is 11.9. The van der Waals surface area contributed by atoms with Gasteiger partial charge in [0.2, 0.25) is 0 Å². The third-order valence-corrected chi connectivity index (χ3v) is 3.77. The Morgan fingerprint density at radius 3 is 2.18 bits per heavy atom. The first-order valence-corrected chi connectivity index (χ1v) is 6.66. The van der Waals surface area contributed by atoms with Gasteiger partial charge in [0, 0.05) is 18.6 Å². The fourth-order valence-corrected chi connectivity index (χ4v) is 1.82. The highest BCUT2D eigenvalue weighted by Gasteiger charge is 2.20. The summed E-state index contributed by atoms with van der Waals surface area (Å²) in [6.07, 6.45) is 5.14. The van der Waals surface area contributed by atoms with E-state index in [1.54, 1.807) is 0 Å². The molecule has 1 heterocycles. The first-order chi connectivity index (χ1) is 7.93. The molecule has 0 aromatic rings. The van der Waals surface area contributed by atoms with Crippen molar-refractivity contribution in [2.45, 2.75) is 45.1 Å². The van der Waals surface area contributed by atoms with Crippen LogP contribution in [0.3, 0.4) is 0 Å². The summed E-state index contributed by atoms with van der Waals surface area (Å²) in [5.41, 5.74) is 6.15. The van der Waals surface area contributed by atoms with Crippen LogP contribution in [0.5, 0.6) is 0 Å². The van der Waals surface area contributed by atoms with Crippen molar-refractivity contribution in [1.82, 2.24) is 9.80 Å². The summed E-state index contributed by atoms with van der Waals surface area (Å²) < 4.78 is 0. The largest absolute Gasteiger partial charge is 0.370 e. The van der Waals surface area contributed by atoms with Crippen LogP contribution in [0.15, 0.2) is 4.99 Å². The van der Waals surface area contributed by atoms with E-state index in [0.717, 1.165) is 25.6 Å². The number of aliphatic imine (C=N–C) groups is 1. The lowest BCUT2D eigenvalue weighted by atomic mass is 10.1. The Kier molecular flexibility index (Phi) is 5.25. The van der Waals surface area contributed by atoms with Crippen LogP contribution in [0, 0.1) is 0 Å². The van der Waals surface area contributed by atoms with Crippen LogP contribution in [0.4, 0.5) is 0 Å². The summed E-state index contributed by atoms with van der Waals surface area (Å²) in [5.74, 6) is 0.724. The minimum atomic E-state index is 0.0659. The van der Waals surface area contributed by atoms with Crippen LogP contribution >= 0.6 is 0 Å². The third kappa shape index (κ3) is 4.54. The molecule has 0 atom stereocenters. The molecule has 0 aliphatic carbocycles. The van der Waals surface area contributed by atoms with Crippen LogP contribution in [-0.2, 0) is 0 Å². The molecule has 4 nitrogen and oxygen atoms in total. The van der Waals surface area contributed by atoms with E-state index in [9.17, 15) is 0 Å². The van der Waals surface area contributed by atoms with Gasteiger partial charge in [-0.15, -0.1) is 0 Å². The topological polar surface area (TPSA) is 44.9 Å². The molecule has 4 heteroatoms. The Morgan fingerprint density at radius 2 is 1.71 bits per heavy atom. The van der Waals surface area contributed by atoms with Crippen molar-refractivity contribution in [3.63, 3.8) is 0 Å². The Labute approximate surface area is 106 Å². The van der Waals surface area contributed by atoms with Crippen molar-refractivity contribution in [3.8, 4) is 0 Å². The van der Waals surface area contributed by atoms with Crippen molar-refractivity contribution >= 4 is 5.96 Å². The maximum absolute atomic E-state index is 6.08. The monoisotopic (exact) mass is 240 g/mol. The molecule has 100 valence electrons. The van der Waals surface area contributed by atoms with Crippen LogP contribution in [0.1, 0.15) is 39.5 Å². The standard InChI is InChI=1S/C13H28N4/c1-13(2,16(3)4)11-15-12(14)17-9-7-5-6-8-10-17/h5-11H2,1-4H3,(H2,14,15). The normalized spacial score (nSPS) is 19.6. The number of rotatable bonds is 3. The molecule has 0 amide bonds. The molecule has 17 heavy (non-hydrogen) atoms. The van der Waals surface area contributed by atoms with E-state index in [1.807, 2.05) is 0 Å². The van der Waals surface area contributed by atoms with Gasteiger partial charge in [-0.1, -0.05) is 12.8 Å². The van der Waals surface area contributed by atoms with Gasteiger partial charge in [-0.2, -0.15) is 0 Å². The summed E-state index contributed by atoms with van der Waals surface area (Å²) in [6.45, 7) is 7.26. The minimum Gasteiger partial charge on any atom is -0.370 e. The zero-order valence-corrected chi connectivity index (χ0v) is 11.9. The number of likely N-dealkylation sites (N-methyl/N-ethyl adjacent to an activating group) is 1. The molecule has 0 spiro atoms. The molecule has 0 saturated carbocycles. The highest BCUT2D eigenvalue weighted by molar-refractivity contribution is 5.78. The van der Waals surface area contributed by atoms with Crippen molar-refractivity contribution < 1.29 is 0 Å². The van der Waals surface area contributed by atoms with Gasteiger partial charge in [0.05, 0.1) is 6.54 Å². The second kappa shape index (κ2) is 6.24. The van der Waals surface area contributed by atoms with E-state index >= 15 is 0 Å². The van der Waals surface area contributed by atoms with E-state index < -0.39 is 0 Å². The highest BCUT2D eigenvalue weighted by atomic mass is 15.3. The maximum Gasteiger partial charge on any atom is 0.191 e. The quantitative estimate of drug-likeness (QED) is 0.601. The number of hydrogen-bond acceptors (Lipinski definition) is 2. The lowest BCUT2D eigenvalue weighted by molar-refractivity contribution is 0.204. The van der Waals surface area contributed by atoms with Crippen molar-refractivity contribution in [3.05, 3.63) is 0 Å². The Hall–Kier alpha value is -0.770. The predicted octanol–water partition coefficient (Wildman–Crippen LogP) is 1.52. The van der Waals surface area contributed by atoms with E-state index in [1.165, 1.54) is 25.7 Å². The van der Waals surface area contributed by atoms with E-state index in [4.69, 9.17) is 5.73 Å². The molecule has 0 unspecified atom stereocenters. The van der Waals surface area contributed by atoms with Gasteiger partial charge in [0.15, 0.2) is 5.96 Å². The van der Waals surface area contributed by atoms with E-state index in [0.29, 0.717) is 0 Å². The van der Waals surface area contributed by atoms with Gasteiger partial charge in [-0.3, -0.25) is 4.99 Å². The lowest BCUT2D eigenvalue weighted by Gasteiger charge is -2.31. The Morgan fingerprint density at radius 1 is 1.18 bits per heavy atom. The molecule has 1 fully saturated rings. The molecule has 1 saturated heterocycles. The van der Waals surface area contributed by atoms with E-state index in [2.05, 4.69) is 42.7 Å². The van der Waals surface area contributed by atoms with Crippen molar-refractivity contribution in [2.24, 2.45) is 10.7 Å². The molecule has 0 aromatic carbocycles. The van der Waals surface area contributed by atoms with E-state index in [-0.39, 0.29) is 5.54 Å². The second-order valence-electron chi connectivity index (χ2n) is 5.78. The van der Waals surface area contributed by atoms with Crippen LogP contribution in [0.25, 0.3) is 0 Å². The van der Waals surface area contributed by atoms with Gasteiger partial charge in [0.25, 0.3) is 0 Å². The number of hydrogen-bond donors (Lipinski definition) is 1. The number of likely N-dealkylation sites (tertiary alicyclic amines) is 1. The van der Waals surface area contributed by atoms with Gasteiger partial charge in [0.1, 0.15) is 0 Å². The van der Waals surface area contributed by atoms with Gasteiger partial charge < -0.3 is 15.5 Å². The smallest absolute Gasteiger partial charge is 0.191 e. The van der Waals surface area contributed by atoms with Gasteiger partial charge in [-0.05, 0) is 40.8 Å². The highest BCUT2D eigenvalue weighted by Crippen LogP contribution is 2.12. The molecular weight excluding hydrogens is 212 g/mol. The average molecular weight is 240 g/mol. The predicted molar refractivity (Wildman–Crippen MR) is 74.3 cm³/mol. The summed E-state index contributed by atoms with van der Waals surface area (Å²) in [4.78, 5) is 8.98. The van der Waals surface area contributed by atoms with Crippen LogP contribution < -0.4 is 5.73 Å². The maximum atomic E-state index is 6.08. The fraction of sp³-hybridized carbons (Fsp3) is 0.923. The number of nitrogens with two attached hydrogens (primary N) is 1. The molecule has 1 aliphatic heterocycles. The molecule has 0 radical (unpaired) electrons. The lowest BCUT2D eigenvalue weighted by Crippen LogP contribution is -2.43. The Balaban J connectivity index is 2.53. The molecule has 2 N–H and O–H groups in total. The molecular formula is C13H28N4. The second-order valence-corrected chi connectivity index (χ2v) is 5.78. The summed E-state index contributed by atoms with van der Waals surface area (Å²) in [7, 11) is 4.16. The SMILES string of the molecule is CN(C)C(C)(C)CN=C(N)N1CCCCCC1. The molecule has 1 rings (SSSR count). The van der Waals surface area contributed by atoms with Crippen LogP contribution in [0.2, 0.25) is 0 Å². The minimum absolute atomic E-state index is 0.0659. The van der Waals surface area contributed by atoms with Crippen molar-refractivity contribution in [1.29, 1.82) is 0 Å². The van der Waals surface area contributed by atoms with Crippen molar-refractivity contribution in [2.75, 3.05) is 33.7 Å². The summed E-state index contributed by atoms with van der Waals surface area (Å²) >= 11 is 0. The third-order valence-electron chi connectivity index (χ3n) is 3.77. The van der Waals surface area contributed by atoms with Crippen LogP contribution in [-0.4, -0.2) is 55.0 Å². The molecule has 1 aliphatic rings. The van der Waals surface area contributed by atoms with Gasteiger partial charge in [-0.25, -0.2) is 0 Å². The first-order valence-electron chi connectivity index (χ1n) is 6.66. The average Bonchev–Trinajstić information content (AvgIpc) is 2.54. The Bertz CT molecular complexity index is 250. The number of guanidine groups is 1. The zero-order chi connectivity index (χ0) is 12.9. The summed E-state index contributed by atoms with van der Waals surface area (Å²) in [6, 6.07) is 0. The first kappa shape index (κ1) is 14.3. The van der Waals surface area contributed by atoms with Gasteiger partial charge >= 0.3 is 0 Å².